The van der Waals surface area contributed by atoms with E-state index in [9.17, 15) is 0 Å². The smallest absolute Gasteiger partial charge is 0.333 e. The van der Waals surface area contributed by atoms with Gasteiger partial charge in [0.1, 0.15) is 0 Å². The molecular formula is C64H45BN2. The summed E-state index contributed by atoms with van der Waals surface area (Å²) in [5, 5.41) is 5.10. The Labute approximate surface area is 391 Å². The van der Waals surface area contributed by atoms with Gasteiger partial charge in [-0.3, -0.25) is 0 Å². The van der Waals surface area contributed by atoms with Gasteiger partial charge in [0.05, 0.1) is 11.0 Å². The lowest BCUT2D eigenvalue weighted by Crippen LogP contribution is -2.55. The Bertz CT molecular complexity index is 3970. The zero-order valence-corrected chi connectivity index (χ0v) is 37.8. The van der Waals surface area contributed by atoms with Gasteiger partial charge in [0.2, 0.25) is 0 Å². The lowest BCUT2D eigenvalue weighted by atomic mass is 9.45. The number of benzene rings is 10. The van der Waals surface area contributed by atoms with Crippen LogP contribution in [0.5, 0.6) is 0 Å². The summed E-state index contributed by atoms with van der Waals surface area (Å²) in [6, 6.07) is 82.1. The van der Waals surface area contributed by atoms with Crippen molar-refractivity contribution in [2.75, 3.05) is 0 Å². The molecule has 2 nitrogen and oxygen atoms in total. The molecule has 12 aromatic rings. The van der Waals surface area contributed by atoms with E-state index in [-0.39, 0.29) is 12.3 Å². The molecule has 2 aliphatic heterocycles. The van der Waals surface area contributed by atoms with Gasteiger partial charge in [-0.15, -0.1) is 0 Å². The molecule has 14 rings (SSSR count). The monoisotopic (exact) mass is 852 g/mol. The van der Waals surface area contributed by atoms with Crippen LogP contribution in [0.1, 0.15) is 26.3 Å². The summed E-state index contributed by atoms with van der Waals surface area (Å²) in [5.41, 5.74) is 25.2. The van der Waals surface area contributed by atoms with Crippen LogP contribution in [-0.2, 0) is 5.41 Å². The van der Waals surface area contributed by atoms with Crippen molar-refractivity contribution < 1.29 is 0 Å². The zero-order chi connectivity index (χ0) is 44.5. The largest absolute Gasteiger partial charge is 0.375 e. The van der Waals surface area contributed by atoms with Crippen molar-refractivity contribution in [3.63, 3.8) is 0 Å². The summed E-state index contributed by atoms with van der Waals surface area (Å²) in [6.07, 6.45) is 0. The normalized spacial score (nSPS) is 12.7. The van der Waals surface area contributed by atoms with Crippen LogP contribution < -0.4 is 10.9 Å². The van der Waals surface area contributed by atoms with Crippen molar-refractivity contribution in [3.8, 4) is 72.4 Å². The molecule has 0 spiro atoms. The Morgan fingerprint density at radius 2 is 0.836 bits per heavy atom. The first-order valence-electron chi connectivity index (χ1n) is 23.6. The number of fused-ring (bicyclic) bond motifs is 10. The quantitative estimate of drug-likeness (QED) is 0.153. The van der Waals surface area contributed by atoms with Gasteiger partial charge in [-0.1, -0.05) is 191 Å². The van der Waals surface area contributed by atoms with Crippen molar-refractivity contribution in [1.29, 1.82) is 0 Å². The van der Waals surface area contributed by atoms with Crippen LogP contribution >= 0.6 is 0 Å². The first-order chi connectivity index (χ1) is 32.9. The molecule has 314 valence electrons. The molecule has 0 saturated carbocycles. The topological polar surface area (TPSA) is 9.86 Å². The molecule has 67 heavy (non-hydrogen) atoms. The Morgan fingerprint density at radius 3 is 1.42 bits per heavy atom. The summed E-state index contributed by atoms with van der Waals surface area (Å²) in [5.74, 6) is 0. The van der Waals surface area contributed by atoms with E-state index in [1.165, 1.54) is 133 Å². The van der Waals surface area contributed by atoms with Crippen molar-refractivity contribution in [2.45, 2.75) is 26.2 Å². The Balaban J connectivity index is 1.15. The fourth-order valence-corrected chi connectivity index (χ4v) is 11.7. The van der Waals surface area contributed by atoms with E-state index in [1.807, 2.05) is 0 Å². The molecular weight excluding hydrogens is 808 g/mol. The maximum absolute atomic E-state index is 2.71. The molecule has 0 atom stereocenters. The molecule has 0 bridgehead atoms. The average molecular weight is 853 g/mol. The molecule has 2 aliphatic rings. The number of nitrogens with zero attached hydrogens (tertiary/aromatic N) is 2. The zero-order valence-electron chi connectivity index (χ0n) is 37.8. The summed E-state index contributed by atoms with van der Waals surface area (Å²) >= 11 is 0. The Hall–Kier alpha value is -8.14. The number of hydrogen-bond acceptors (Lipinski definition) is 0. The lowest BCUT2D eigenvalue weighted by molar-refractivity contribution is 0.590. The second-order valence-electron chi connectivity index (χ2n) is 19.7. The van der Waals surface area contributed by atoms with Crippen LogP contribution in [0, 0.1) is 0 Å². The van der Waals surface area contributed by atoms with Gasteiger partial charge in [-0.2, -0.15) is 0 Å². The second-order valence-corrected chi connectivity index (χ2v) is 19.7. The van der Waals surface area contributed by atoms with Gasteiger partial charge in [0, 0.05) is 49.4 Å². The molecule has 3 heteroatoms. The first kappa shape index (κ1) is 38.2. The molecule has 0 aliphatic carbocycles. The fraction of sp³-hybridized carbons (Fsp3) is 0.0625. The minimum Gasteiger partial charge on any atom is -0.375 e. The minimum absolute atomic E-state index is 0.0458. The van der Waals surface area contributed by atoms with Crippen LogP contribution in [0.15, 0.2) is 218 Å². The highest BCUT2D eigenvalue weighted by Crippen LogP contribution is 2.48. The number of aromatic nitrogens is 2. The molecule has 2 aromatic heterocycles. The Morgan fingerprint density at radius 1 is 0.343 bits per heavy atom. The molecule has 0 N–H and O–H groups in total. The fourth-order valence-electron chi connectivity index (χ4n) is 11.7. The maximum Gasteiger partial charge on any atom is 0.333 e. The summed E-state index contributed by atoms with van der Waals surface area (Å²) < 4.78 is 5.36. The molecule has 0 unspecified atom stereocenters. The molecule has 10 aromatic carbocycles. The predicted octanol–water partition coefficient (Wildman–Crippen LogP) is 15.5. The van der Waals surface area contributed by atoms with Crippen LogP contribution in [0.25, 0.3) is 116 Å². The molecule has 4 heterocycles. The van der Waals surface area contributed by atoms with E-state index >= 15 is 0 Å². The van der Waals surface area contributed by atoms with Crippen LogP contribution in [0.3, 0.4) is 0 Å². The highest BCUT2D eigenvalue weighted by Gasteiger charge is 2.42. The predicted molar refractivity (Wildman–Crippen MR) is 286 cm³/mol. The number of rotatable bonds is 5. The third-order valence-corrected chi connectivity index (χ3v) is 14.8. The van der Waals surface area contributed by atoms with E-state index in [4.69, 9.17) is 0 Å². The van der Waals surface area contributed by atoms with Gasteiger partial charge in [0.25, 0.3) is 0 Å². The summed E-state index contributed by atoms with van der Waals surface area (Å²) in [4.78, 5) is 0. The lowest BCUT2D eigenvalue weighted by Gasteiger charge is -2.34. The van der Waals surface area contributed by atoms with E-state index in [0.717, 1.165) is 0 Å². The average Bonchev–Trinajstić information content (AvgIpc) is 3.89. The van der Waals surface area contributed by atoms with Crippen molar-refractivity contribution in [1.82, 2.24) is 9.05 Å². The Kier molecular flexibility index (Phi) is 8.08. The molecule has 0 fully saturated rings. The van der Waals surface area contributed by atoms with Crippen molar-refractivity contribution in [2.24, 2.45) is 0 Å². The van der Waals surface area contributed by atoms with Crippen LogP contribution in [0.4, 0.5) is 0 Å². The second kappa shape index (κ2) is 14.2. The van der Waals surface area contributed by atoms with Gasteiger partial charge >= 0.3 is 6.85 Å². The minimum atomic E-state index is -0.0741. The van der Waals surface area contributed by atoms with Crippen molar-refractivity contribution >= 4 is 61.4 Å². The van der Waals surface area contributed by atoms with Gasteiger partial charge < -0.3 is 9.05 Å². The SMILES string of the molecule is CC(C)(C)c1ccc(-c2cc(-c3ccccc3)cc3c4cc(-c5ccccc5)cc5c4n(c23)-c2cccc3c2B5n2c4ccc(-c5ccccc5)cc4c4cc(-c5ccccc5)cc-3c42)cc1. The van der Waals surface area contributed by atoms with Crippen LogP contribution in [0.2, 0.25) is 0 Å². The number of hydrogen-bond donors (Lipinski definition) is 0. The third-order valence-electron chi connectivity index (χ3n) is 14.8. The van der Waals surface area contributed by atoms with E-state index < -0.39 is 0 Å². The molecule has 0 amide bonds. The standard InChI is InChI=1S/C64H45BN2/c1-64(2,3)49-30-27-44(28-31-49)51-34-46(41-19-10-5-11-20-41)37-55-56-38-48(43-23-14-7-15-24-43)39-57-63(56)66(61(51)55)59-26-16-25-50-53-35-47(42-21-12-6-13-22-42)36-54-52-33-45(40-17-8-4-9-18-40)29-32-58(52)67(62(53)54)65(57)60(50)59/h4-39H,1-3H3. The van der Waals surface area contributed by atoms with Gasteiger partial charge in [0.15, 0.2) is 0 Å². The van der Waals surface area contributed by atoms with Gasteiger partial charge in [-0.25, -0.2) is 0 Å². The maximum atomic E-state index is 2.71. The van der Waals surface area contributed by atoms with E-state index in [0.29, 0.717) is 0 Å². The molecule has 0 radical (unpaired) electrons. The summed E-state index contributed by atoms with van der Waals surface area (Å²) in [6.45, 7) is 6.82. The van der Waals surface area contributed by atoms with E-state index in [1.54, 1.807) is 0 Å². The van der Waals surface area contributed by atoms with E-state index in [2.05, 4.69) is 248 Å². The first-order valence-corrected chi connectivity index (χ1v) is 23.6. The third kappa shape index (κ3) is 5.64. The van der Waals surface area contributed by atoms with Gasteiger partial charge in [-0.05, 0) is 126 Å². The molecule has 0 saturated heterocycles. The highest BCUT2D eigenvalue weighted by molar-refractivity contribution is 6.90. The highest BCUT2D eigenvalue weighted by atomic mass is 15.0. The van der Waals surface area contributed by atoms with Crippen LogP contribution in [-0.4, -0.2) is 15.9 Å². The van der Waals surface area contributed by atoms with Crippen molar-refractivity contribution in [3.05, 3.63) is 224 Å². The summed E-state index contributed by atoms with van der Waals surface area (Å²) in [7, 11) is 0.